The van der Waals surface area contributed by atoms with Crippen LogP contribution in [-0.2, 0) is 0 Å². The molecular formula is C39H25N3. The normalized spacial score (nSPS) is 11.8. The van der Waals surface area contributed by atoms with Crippen LogP contribution < -0.4 is 0 Å². The molecule has 0 radical (unpaired) electrons. The van der Waals surface area contributed by atoms with E-state index < -0.39 is 0 Å². The van der Waals surface area contributed by atoms with Crippen molar-refractivity contribution < 1.29 is 0 Å². The van der Waals surface area contributed by atoms with Crippen molar-refractivity contribution in [3.05, 3.63) is 152 Å². The fourth-order valence-corrected chi connectivity index (χ4v) is 6.73. The summed E-state index contributed by atoms with van der Waals surface area (Å²) in [6, 6.07) is 50.4. The first-order valence-corrected chi connectivity index (χ1v) is 14.3. The van der Waals surface area contributed by atoms with Crippen molar-refractivity contribution >= 4 is 54.4 Å². The minimum atomic E-state index is 1.11. The first kappa shape index (κ1) is 23.1. The molecule has 0 unspecified atom stereocenters. The van der Waals surface area contributed by atoms with E-state index in [-0.39, 0.29) is 0 Å². The molecule has 3 heterocycles. The Morgan fingerprint density at radius 3 is 1.93 bits per heavy atom. The van der Waals surface area contributed by atoms with Crippen LogP contribution in [0.15, 0.2) is 152 Å². The molecule has 0 aliphatic heterocycles. The summed E-state index contributed by atoms with van der Waals surface area (Å²) in [7, 11) is 0. The number of nitrogens with zero attached hydrogens (tertiary/aromatic N) is 3. The van der Waals surface area contributed by atoms with E-state index in [4.69, 9.17) is 0 Å². The lowest BCUT2D eigenvalue weighted by Crippen LogP contribution is -1.95. The summed E-state index contributed by atoms with van der Waals surface area (Å²) >= 11 is 0. The highest BCUT2D eigenvalue weighted by Gasteiger charge is 2.18. The van der Waals surface area contributed by atoms with Gasteiger partial charge in [0.1, 0.15) is 0 Å². The summed E-state index contributed by atoms with van der Waals surface area (Å²) in [4.78, 5) is 4.35. The molecule has 3 heteroatoms. The minimum absolute atomic E-state index is 1.11. The van der Waals surface area contributed by atoms with Crippen LogP contribution in [0.4, 0.5) is 0 Å². The zero-order chi connectivity index (χ0) is 27.6. The fourth-order valence-electron chi connectivity index (χ4n) is 6.73. The number of benzene rings is 6. The van der Waals surface area contributed by atoms with Crippen LogP contribution in [0.25, 0.3) is 76.9 Å². The second-order valence-corrected chi connectivity index (χ2v) is 10.9. The van der Waals surface area contributed by atoms with Gasteiger partial charge in [-0.05, 0) is 65.5 Å². The predicted octanol–water partition coefficient (Wildman–Crippen LogP) is 10.1. The van der Waals surface area contributed by atoms with Crippen LogP contribution in [0, 0.1) is 0 Å². The quantitative estimate of drug-likeness (QED) is 0.221. The maximum absolute atomic E-state index is 4.35. The number of aromatic nitrogens is 3. The summed E-state index contributed by atoms with van der Waals surface area (Å²) in [6.45, 7) is 0. The summed E-state index contributed by atoms with van der Waals surface area (Å²) in [5, 5.41) is 7.53. The van der Waals surface area contributed by atoms with E-state index in [0.717, 1.165) is 16.8 Å². The highest BCUT2D eigenvalue weighted by atomic mass is 15.0. The Morgan fingerprint density at radius 2 is 1.12 bits per heavy atom. The Balaban J connectivity index is 1.40. The van der Waals surface area contributed by atoms with Crippen LogP contribution in [-0.4, -0.2) is 14.1 Å². The first-order valence-electron chi connectivity index (χ1n) is 14.3. The van der Waals surface area contributed by atoms with Gasteiger partial charge in [-0.3, -0.25) is 4.98 Å². The maximum atomic E-state index is 4.35. The molecular weight excluding hydrogens is 510 g/mol. The lowest BCUT2D eigenvalue weighted by atomic mass is 10.0. The topological polar surface area (TPSA) is 22.8 Å². The zero-order valence-corrected chi connectivity index (χ0v) is 22.8. The predicted molar refractivity (Wildman–Crippen MR) is 176 cm³/mol. The maximum Gasteiger partial charge on any atom is 0.0619 e. The molecule has 0 fully saturated rings. The van der Waals surface area contributed by atoms with Gasteiger partial charge in [0, 0.05) is 56.3 Å². The molecule has 0 amide bonds. The Bertz CT molecular complexity index is 2450. The molecule has 0 N–H and O–H groups in total. The number of rotatable bonds is 3. The Labute approximate surface area is 242 Å². The van der Waals surface area contributed by atoms with E-state index in [2.05, 4.69) is 148 Å². The number of fused-ring (bicyclic) bond motifs is 8. The number of para-hydroxylation sites is 3. The van der Waals surface area contributed by atoms with Crippen LogP contribution in [0.1, 0.15) is 0 Å². The molecule has 9 rings (SSSR count). The zero-order valence-electron chi connectivity index (χ0n) is 22.8. The molecule has 0 spiro atoms. The Morgan fingerprint density at radius 1 is 0.405 bits per heavy atom. The summed E-state index contributed by atoms with van der Waals surface area (Å²) in [5.41, 5.74) is 9.45. The second-order valence-electron chi connectivity index (χ2n) is 10.9. The van der Waals surface area contributed by atoms with E-state index in [1.54, 1.807) is 0 Å². The standard InChI is InChI=1S/C39H25N3/c1-2-12-29(13-3-1)42-37-18-7-4-15-31(37)33-20-19-27-23-38-35(24-34(27)39(33)42)32-16-5-6-17-36(32)41(38)30-14-8-10-26(22-30)28-11-9-21-40-25-28/h1-25H. The van der Waals surface area contributed by atoms with Crippen LogP contribution in [0.3, 0.4) is 0 Å². The van der Waals surface area contributed by atoms with Gasteiger partial charge >= 0.3 is 0 Å². The van der Waals surface area contributed by atoms with Crippen molar-refractivity contribution in [2.24, 2.45) is 0 Å². The third kappa shape index (κ3) is 3.31. The van der Waals surface area contributed by atoms with Crippen molar-refractivity contribution in [1.29, 1.82) is 0 Å². The van der Waals surface area contributed by atoms with Gasteiger partial charge < -0.3 is 9.13 Å². The van der Waals surface area contributed by atoms with Crippen LogP contribution in [0.2, 0.25) is 0 Å². The molecule has 196 valence electrons. The number of pyridine rings is 1. The van der Waals surface area contributed by atoms with E-state index >= 15 is 0 Å². The smallest absolute Gasteiger partial charge is 0.0619 e. The Hall–Kier alpha value is -5.67. The third-order valence-corrected chi connectivity index (χ3v) is 8.56. The summed E-state index contributed by atoms with van der Waals surface area (Å²) in [5.74, 6) is 0. The SMILES string of the molecule is c1ccc(-n2c3ccccc3c3ccc4cc5c(cc4c32)c2ccccc2n5-c2cccc(-c3cccnc3)c2)cc1. The molecule has 3 nitrogen and oxygen atoms in total. The van der Waals surface area contributed by atoms with E-state index in [1.807, 2.05) is 18.5 Å². The van der Waals surface area contributed by atoms with Crippen molar-refractivity contribution in [3.63, 3.8) is 0 Å². The van der Waals surface area contributed by atoms with Gasteiger partial charge in [-0.2, -0.15) is 0 Å². The summed E-state index contributed by atoms with van der Waals surface area (Å²) in [6.07, 6.45) is 3.75. The summed E-state index contributed by atoms with van der Waals surface area (Å²) < 4.78 is 4.83. The lowest BCUT2D eigenvalue weighted by molar-refractivity contribution is 1.18. The van der Waals surface area contributed by atoms with Crippen molar-refractivity contribution in [1.82, 2.24) is 14.1 Å². The Kier molecular flexibility index (Phi) is 4.90. The molecule has 0 saturated heterocycles. The highest BCUT2D eigenvalue weighted by molar-refractivity contribution is 6.22. The molecule has 0 bridgehead atoms. The molecule has 3 aromatic heterocycles. The molecule has 6 aromatic carbocycles. The fraction of sp³-hybridized carbons (Fsp3) is 0. The average molecular weight is 536 g/mol. The first-order chi connectivity index (χ1) is 20.8. The molecule has 0 aliphatic carbocycles. The third-order valence-electron chi connectivity index (χ3n) is 8.56. The van der Waals surface area contributed by atoms with Gasteiger partial charge in [0.2, 0.25) is 0 Å². The number of hydrogen-bond acceptors (Lipinski definition) is 1. The van der Waals surface area contributed by atoms with Gasteiger partial charge in [-0.25, -0.2) is 0 Å². The minimum Gasteiger partial charge on any atom is -0.309 e. The monoisotopic (exact) mass is 535 g/mol. The molecule has 0 saturated carbocycles. The van der Waals surface area contributed by atoms with Gasteiger partial charge in [0.05, 0.1) is 22.1 Å². The van der Waals surface area contributed by atoms with Crippen molar-refractivity contribution in [2.45, 2.75) is 0 Å². The van der Waals surface area contributed by atoms with Gasteiger partial charge in [0.25, 0.3) is 0 Å². The largest absolute Gasteiger partial charge is 0.309 e. The average Bonchev–Trinajstić information content (AvgIpc) is 3.57. The van der Waals surface area contributed by atoms with Gasteiger partial charge in [-0.15, -0.1) is 0 Å². The van der Waals surface area contributed by atoms with Crippen molar-refractivity contribution in [3.8, 4) is 22.5 Å². The molecule has 0 aliphatic rings. The molecule has 0 atom stereocenters. The molecule has 42 heavy (non-hydrogen) atoms. The van der Waals surface area contributed by atoms with E-state index in [0.29, 0.717) is 0 Å². The van der Waals surface area contributed by atoms with E-state index in [9.17, 15) is 0 Å². The molecule has 9 aromatic rings. The lowest BCUT2D eigenvalue weighted by Gasteiger charge is -2.12. The van der Waals surface area contributed by atoms with Crippen LogP contribution in [0.5, 0.6) is 0 Å². The van der Waals surface area contributed by atoms with Crippen molar-refractivity contribution in [2.75, 3.05) is 0 Å². The highest BCUT2D eigenvalue weighted by Crippen LogP contribution is 2.41. The number of hydrogen-bond donors (Lipinski definition) is 0. The van der Waals surface area contributed by atoms with Gasteiger partial charge in [-0.1, -0.05) is 84.9 Å². The van der Waals surface area contributed by atoms with Gasteiger partial charge in [0.15, 0.2) is 0 Å². The van der Waals surface area contributed by atoms with Crippen LogP contribution >= 0.6 is 0 Å². The van der Waals surface area contributed by atoms with E-state index in [1.165, 1.54) is 60.1 Å². The second kappa shape index (κ2) is 8.92.